The smallest absolute Gasteiger partial charge is 0.373 e. The minimum absolute atomic E-state index is 0.0747. The average Bonchev–Trinajstić information content (AvgIpc) is 0.715. The van der Waals surface area contributed by atoms with Crippen LogP contribution in [0.25, 0.3) is 0 Å². The maximum absolute atomic E-state index is 15.8. The first-order valence-electron chi connectivity index (χ1n) is 42.7. The standard InChI is InChI=1S/C68H109NO34.C13H26O.CO2/c1-26-48(98-55-47(86)49(30(75)21-91-55)99-60-53(87)67(89,24-73)25-93-60)43(82)46(85)56(94-26)101-51-41(80)38(69)32(18-70)95-59(51)103-61(88)68-15-14-62(2,3)16-28(68)27-8-9-35-63(4)12-11-37(64(5,23-72)34(63)10-13-65(35,6)66(27,7)17-36(68)77)97-58-52(102-57-45(84)42(81)40(79)33(19-71)96-57)50(31(76)22-92-58)100-54-44(83)39(78)29(74)20-90-54;1-3-4-5-6-7-8-9-10-11-12-13(2)14;2-1-3/h8,23,26,28-60,70-71,73-87,89H,9-22,24-25,69H2,1-7H3;3-12H2,1-2H3;/t26?,28?,29-,30-,31-,32?,33?,34-,35?,36?,37+,38+,39+,40+,41?,42+,43?,44?,45?,46+,47-,48+,49?,50+,51-,52?,53?,54+,55+,56+,57+,58+,59+,60+,63?,64-,65+,66-,67+,68-;;/m1../s1. The second-order valence-corrected chi connectivity index (χ2v) is 37.2. The quantitative estimate of drug-likeness (QED) is 0.0122. The molecule has 11 fully saturated rings. The summed E-state index contributed by atoms with van der Waals surface area (Å²) in [5.74, 6) is -1.74. The number of hydrogen-bond donors (Lipinski definition) is 19. The average molecular weight is 1730 g/mol. The number of carbonyl (C=O) groups excluding carboxylic acids is 5. The molecule has 0 amide bonds. The Morgan fingerprint density at radius 3 is 1.72 bits per heavy atom. The van der Waals surface area contributed by atoms with Gasteiger partial charge < -0.3 is 174 Å². The first-order valence-corrected chi connectivity index (χ1v) is 42.7. The number of aldehydes is 1. The minimum Gasteiger partial charge on any atom is -0.432 e. The van der Waals surface area contributed by atoms with Gasteiger partial charge in [0.2, 0.25) is 6.29 Å². The predicted molar refractivity (Wildman–Crippen MR) is 407 cm³/mol. The molecule has 7 aliphatic heterocycles. The Bertz CT molecular complexity index is 3380. The molecule has 12 rings (SSSR count). The van der Waals surface area contributed by atoms with Crippen molar-refractivity contribution in [3.63, 3.8) is 0 Å². The Hall–Kier alpha value is -3.35. The molecule has 14 unspecified atom stereocenters. The van der Waals surface area contributed by atoms with Gasteiger partial charge in [0.25, 0.3) is 0 Å². The Balaban J connectivity index is 0.000000803. The summed E-state index contributed by atoms with van der Waals surface area (Å²) in [6.07, 6.45) is -30.4. The van der Waals surface area contributed by atoms with Crippen LogP contribution in [0, 0.1) is 50.2 Å². The molecule has 120 heavy (non-hydrogen) atoms. The number of unbranched alkanes of at least 4 members (excludes halogenated alkanes) is 8. The lowest BCUT2D eigenvalue weighted by Crippen LogP contribution is -2.69. The number of rotatable bonds is 28. The summed E-state index contributed by atoms with van der Waals surface area (Å²) in [4.78, 5) is 56.8. The zero-order valence-electron chi connectivity index (χ0n) is 70.1. The fraction of sp³-hybridized carbons (Fsp3) is 0.927. The Morgan fingerprint density at radius 2 is 1.10 bits per heavy atom. The lowest BCUT2D eigenvalue weighted by molar-refractivity contribution is -0.384. The zero-order chi connectivity index (χ0) is 88.3. The van der Waals surface area contributed by atoms with Crippen LogP contribution in [0.5, 0.6) is 0 Å². The molecule has 690 valence electrons. The van der Waals surface area contributed by atoms with E-state index in [-0.39, 0.29) is 42.7 Å². The van der Waals surface area contributed by atoms with Crippen LogP contribution >= 0.6 is 0 Å². The van der Waals surface area contributed by atoms with E-state index in [1.165, 1.54) is 58.3 Å². The van der Waals surface area contributed by atoms with Crippen LogP contribution in [0.15, 0.2) is 11.6 Å². The maximum atomic E-state index is 15.8. The van der Waals surface area contributed by atoms with Gasteiger partial charge in [-0.3, -0.25) is 4.79 Å². The monoisotopic (exact) mass is 1730 g/mol. The summed E-state index contributed by atoms with van der Waals surface area (Å²) in [6, 6.07) is -1.39. The van der Waals surface area contributed by atoms with Crippen LogP contribution in [-0.4, -0.2) is 358 Å². The van der Waals surface area contributed by atoms with E-state index in [0.29, 0.717) is 44.3 Å². The summed E-state index contributed by atoms with van der Waals surface area (Å²) >= 11 is 0. The first kappa shape index (κ1) is 98.8. The molecule has 38 nitrogen and oxygen atoms in total. The van der Waals surface area contributed by atoms with Gasteiger partial charge in [-0.1, -0.05) is 111 Å². The number of fused-ring (bicyclic) bond motifs is 7. The lowest BCUT2D eigenvalue weighted by Gasteiger charge is -2.71. The van der Waals surface area contributed by atoms with E-state index in [2.05, 4.69) is 47.6 Å². The molecule has 38 heteroatoms. The highest BCUT2D eigenvalue weighted by atomic mass is 16.8. The molecule has 12 aliphatic rings. The second kappa shape index (κ2) is 41.0. The number of aliphatic hydroxyl groups excluding tert-OH is 17. The number of ketones is 1. The van der Waals surface area contributed by atoms with Gasteiger partial charge in [-0.2, -0.15) is 9.59 Å². The van der Waals surface area contributed by atoms with Crippen molar-refractivity contribution in [1.82, 2.24) is 0 Å². The number of ether oxygens (including phenoxy) is 14. The number of carbonyl (C=O) groups is 3. The molecule has 0 aromatic rings. The van der Waals surface area contributed by atoms with E-state index in [4.69, 9.17) is 81.6 Å². The van der Waals surface area contributed by atoms with Crippen molar-refractivity contribution in [2.24, 2.45) is 56.0 Å². The molecule has 0 spiro atoms. The van der Waals surface area contributed by atoms with Crippen LogP contribution in [-0.2, 0) is 90.3 Å². The van der Waals surface area contributed by atoms with Gasteiger partial charge >= 0.3 is 12.1 Å². The molecular weight excluding hydrogens is 1590 g/mol. The van der Waals surface area contributed by atoms with E-state index >= 15 is 4.79 Å². The predicted octanol–water partition coefficient (Wildman–Crippen LogP) is -2.95. The van der Waals surface area contributed by atoms with Crippen LogP contribution in [0.3, 0.4) is 0 Å². The molecule has 7 saturated heterocycles. The number of allylic oxidation sites excluding steroid dienone is 2. The van der Waals surface area contributed by atoms with Crippen LogP contribution in [0.2, 0.25) is 0 Å². The highest BCUT2D eigenvalue weighted by Crippen LogP contribution is 2.76. The normalized spacial score (nSPS) is 48.6. The van der Waals surface area contributed by atoms with E-state index < -0.39 is 281 Å². The molecule has 0 bridgehead atoms. The second-order valence-electron chi connectivity index (χ2n) is 37.2. The number of aliphatic hydroxyl groups is 18. The van der Waals surface area contributed by atoms with E-state index in [1.54, 1.807) is 13.8 Å². The molecule has 0 radical (unpaired) electrons. The number of Topliss-reactive ketones (excluding diaryl/α,β-unsaturated/α-hetero) is 1. The summed E-state index contributed by atoms with van der Waals surface area (Å²) in [5.41, 5.74) is -0.0320. The summed E-state index contributed by atoms with van der Waals surface area (Å²) < 4.78 is 84.0. The van der Waals surface area contributed by atoms with Gasteiger partial charge in [-0.05, 0) is 117 Å². The van der Waals surface area contributed by atoms with Crippen molar-refractivity contribution >= 4 is 24.2 Å². The Morgan fingerprint density at radius 1 is 0.550 bits per heavy atom. The third kappa shape index (κ3) is 19.8. The largest absolute Gasteiger partial charge is 0.432 e. The third-order valence-electron chi connectivity index (χ3n) is 29.0. The zero-order valence-corrected chi connectivity index (χ0v) is 70.1. The van der Waals surface area contributed by atoms with E-state index in [0.717, 1.165) is 24.7 Å². The molecular formula is C82H135NO37. The summed E-state index contributed by atoms with van der Waals surface area (Å²) in [7, 11) is 0. The van der Waals surface area contributed by atoms with Crippen LogP contribution in [0.1, 0.15) is 184 Å². The molecule has 20 N–H and O–H groups in total. The summed E-state index contributed by atoms with van der Waals surface area (Å²) in [6.45, 7) is 13.4. The van der Waals surface area contributed by atoms with E-state index in [9.17, 15) is 102 Å². The minimum atomic E-state index is -2.10. The molecule has 0 aromatic carbocycles. The molecule has 40 atom stereocenters. The van der Waals surface area contributed by atoms with Crippen molar-refractivity contribution in [2.75, 3.05) is 46.2 Å². The maximum Gasteiger partial charge on any atom is 0.373 e. The van der Waals surface area contributed by atoms with Gasteiger partial charge in [0, 0.05) is 6.42 Å². The fourth-order valence-corrected chi connectivity index (χ4v) is 21.5. The van der Waals surface area contributed by atoms with Gasteiger partial charge in [-0.25, -0.2) is 0 Å². The fourth-order valence-electron chi connectivity index (χ4n) is 21.5. The van der Waals surface area contributed by atoms with E-state index in [1.807, 2.05) is 0 Å². The topological polar surface area (TPSA) is 605 Å². The first-order chi connectivity index (χ1) is 56.6. The van der Waals surface area contributed by atoms with Gasteiger partial charge in [-0.15, -0.1) is 0 Å². The number of hydrogen-bond acceptors (Lipinski definition) is 38. The highest BCUT2D eigenvalue weighted by Gasteiger charge is 2.73. The van der Waals surface area contributed by atoms with Gasteiger partial charge in [0.1, 0.15) is 139 Å². The van der Waals surface area contributed by atoms with Crippen molar-refractivity contribution in [3.8, 4) is 0 Å². The molecule has 0 aromatic heterocycles. The molecule has 7 heterocycles. The third-order valence-corrected chi connectivity index (χ3v) is 29.0. The Kier molecular flexibility index (Phi) is 33.7. The van der Waals surface area contributed by atoms with Crippen molar-refractivity contribution in [3.05, 3.63) is 11.6 Å². The Labute approximate surface area is 698 Å². The lowest BCUT2D eigenvalue weighted by atomic mass is 9.33. The van der Waals surface area contributed by atoms with Crippen LogP contribution in [0.4, 0.5) is 0 Å². The van der Waals surface area contributed by atoms with Crippen molar-refractivity contribution in [1.29, 1.82) is 0 Å². The van der Waals surface area contributed by atoms with Gasteiger partial charge in [0.05, 0.1) is 76.0 Å². The number of nitrogens with two attached hydrogens (primary N) is 1. The SMILES string of the molecule is CC1O[C@@H](O[C@@H]2C(O)[C@@H](N)C(CO)O[C@H]2OC(=O)[C@]23CCC(C)(C)CC2C2=CCC4C5(C)CC[C@H](O[C@@H]6OC[C@@H](O)[C@H](O[C@@H]7OC[C@@H](O)[C@H](O)C7O)C6O[C@@H]6OC(CO)[C@H](O)[C@H](O)C6O)[C@](C)(C=O)[C@@H]5CC[C@]4(C)[C@]2(C)CC3O)[C@@H](O)C(O)[C@H]1O[C@@H]1OC[C@@H](O)C(O[C@@H]2OC[C@@](O)(CO)C2O)[C@H]1O.CCCCCCCCCCCC(C)=O.O=C=O. The summed E-state index contributed by atoms with van der Waals surface area (Å²) in [5, 5.41) is 198. The van der Waals surface area contributed by atoms with Gasteiger partial charge in [0.15, 0.2) is 43.8 Å². The van der Waals surface area contributed by atoms with Crippen LogP contribution < -0.4 is 5.73 Å². The van der Waals surface area contributed by atoms with Crippen molar-refractivity contribution < 1.29 is 182 Å². The number of esters is 1. The molecule has 5 aliphatic carbocycles. The molecule has 4 saturated carbocycles. The highest BCUT2D eigenvalue weighted by molar-refractivity contribution is 5.80. The van der Waals surface area contributed by atoms with Crippen molar-refractivity contribution in [2.45, 2.75) is 380 Å².